The topological polar surface area (TPSA) is 53.1 Å². The van der Waals surface area contributed by atoms with Crippen molar-refractivity contribution in [3.63, 3.8) is 0 Å². The second-order valence-electron chi connectivity index (χ2n) is 8.01. The van der Waals surface area contributed by atoms with Gasteiger partial charge in [-0.1, -0.05) is 18.2 Å². The van der Waals surface area contributed by atoms with Gasteiger partial charge in [-0.05, 0) is 48.7 Å². The van der Waals surface area contributed by atoms with Crippen LogP contribution >= 0.6 is 0 Å². The van der Waals surface area contributed by atoms with E-state index in [0.29, 0.717) is 30.5 Å². The number of piperazine rings is 1. The Labute approximate surface area is 181 Å². The molecule has 1 aromatic heterocycles. The summed E-state index contributed by atoms with van der Waals surface area (Å²) in [5.74, 6) is -0.637. The highest BCUT2D eigenvalue weighted by molar-refractivity contribution is 5.60. The molecule has 4 rings (SSSR count). The van der Waals surface area contributed by atoms with E-state index < -0.39 is 11.6 Å². The number of aromatic nitrogens is 2. The second kappa shape index (κ2) is 9.94. The van der Waals surface area contributed by atoms with Crippen molar-refractivity contribution in [2.45, 2.75) is 25.9 Å². The molecule has 0 radical (unpaired) electrons. The summed E-state index contributed by atoms with van der Waals surface area (Å²) >= 11 is 0. The molecule has 0 amide bonds. The first-order valence-corrected chi connectivity index (χ1v) is 10.6. The van der Waals surface area contributed by atoms with Gasteiger partial charge in [0.15, 0.2) is 0 Å². The van der Waals surface area contributed by atoms with Crippen LogP contribution in [0.4, 0.5) is 14.7 Å². The zero-order valence-electron chi connectivity index (χ0n) is 17.6. The molecule has 3 aromatic rings. The van der Waals surface area contributed by atoms with Gasteiger partial charge in [0.25, 0.3) is 0 Å². The second-order valence-corrected chi connectivity index (χ2v) is 8.01. The molecule has 31 heavy (non-hydrogen) atoms. The Morgan fingerprint density at radius 3 is 2.74 bits per heavy atom. The van der Waals surface area contributed by atoms with Crippen molar-refractivity contribution in [3.05, 3.63) is 77.5 Å². The maximum atomic E-state index is 13.3. The van der Waals surface area contributed by atoms with Crippen molar-refractivity contribution in [2.75, 3.05) is 31.5 Å². The summed E-state index contributed by atoms with van der Waals surface area (Å²) in [5, 5.41) is 6.62. The predicted molar refractivity (Wildman–Crippen MR) is 119 cm³/mol. The number of anilines is 1. The number of halogens is 2. The zero-order valence-corrected chi connectivity index (χ0v) is 17.6. The number of hydrogen-bond acceptors (Lipinski definition) is 5. The van der Waals surface area contributed by atoms with Crippen LogP contribution in [0.5, 0.6) is 0 Å². The first-order chi connectivity index (χ1) is 15.0. The van der Waals surface area contributed by atoms with Gasteiger partial charge in [0, 0.05) is 56.6 Å². The van der Waals surface area contributed by atoms with Crippen molar-refractivity contribution in [3.8, 4) is 11.3 Å². The molecular weight excluding hydrogens is 396 g/mol. The lowest BCUT2D eigenvalue weighted by molar-refractivity contribution is 0.199. The van der Waals surface area contributed by atoms with Gasteiger partial charge in [-0.3, -0.25) is 4.90 Å². The van der Waals surface area contributed by atoms with Gasteiger partial charge in [0.1, 0.15) is 11.6 Å². The first kappa shape index (κ1) is 21.3. The lowest BCUT2D eigenvalue weighted by Crippen LogP contribution is -2.48. The van der Waals surface area contributed by atoms with Crippen LogP contribution in [0.3, 0.4) is 0 Å². The molecule has 2 aromatic carbocycles. The van der Waals surface area contributed by atoms with Gasteiger partial charge in [0.2, 0.25) is 5.95 Å². The Kier molecular flexibility index (Phi) is 6.84. The summed E-state index contributed by atoms with van der Waals surface area (Å²) in [6.45, 7) is 6.72. The number of nitrogens with zero attached hydrogens (tertiary/aromatic N) is 3. The zero-order chi connectivity index (χ0) is 21.6. The minimum Gasteiger partial charge on any atom is -0.354 e. The summed E-state index contributed by atoms with van der Waals surface area (Å²) < 4.78 is 26.7. The lowest BCUT2D eigenvalue weighted by Gasteiger charge is -2.31. The van der Waals surface area contributed by atoms with E-state index in [1.54, 1.807) is 6.20 Å². The fourth-order valence-electron chi connectivity index (χ4n) is 3.92. The molecule has 1 aliphatic heterocycles. The van der Waals surface area contributed by atoms with Crippen LogP contribution in [0.2, 0.25) is 0 Å². The molecule has 0 bridgehead atoms. The van der Waals surface area contributed by atoms with Gasteiger partial charge < -0.3 is 10.6 Å². The lowest BCUT2D eigenvalue weighted by atomic mass is 10.1. The summed E-state index contributed by atoms with van der Waals surface area (Å²) in [5.41, 5.74) is 3.73. The number of nitrogens with one attached hydrogen (secondary N) is 2. The van der Waals surface area contributed by atoms with Crippen LogP contribution in [0, 0.1) is 11.6 Å². The maximum absolute atomic E-state index is 13.3. The molecule has 0 unspecified atom stereocenters. The van der Waals surface area contributed by atoms with Crippen LogP contribution in [0.1, 0.15) is 18.1 Å². The standard InChI is InChI=1S/C24H27F2N5/c1-17-15-31(10-9-27-17)16-19-3-2-4-20(11-19)23-6-8-29-24(30-23)28-7-5-18-12-21(25)14-22(26)13-18/h2-4,6,8,11-14,17,27H,5,7,9-10,15-16H2,1H3,(H,28,29,30)/t17-/m0/s1. The fraction of sp³-hybridized carbons (Fsp3) is 0.333. The van der Waals surface area contributed by atoms with Crippen molar-refractivity contribution in [1.29, 1.82) is 0 Å². The van der Waals surface area contributed by atoms with E-state index in [2.05, 4.69) is 50.6 Å². The molecule has 5 nitrogen and oxygen atoms in total. The normalized spacial score (nSPS) is 16.9. The van der Waals surface area contributed by atoms with E-state index >= 15 is 0 Å². The van der Waals surface area contributed by atoms with Crippen LogP contribution < -0.4 is 10.6 Å². The largest absolute Gasteiger partial charge is 0.354 e. The molecule has 0 saturated carbocycles. The van der Waals surface area contributed by atoms with Crippen molar-refractivity contribution < 1.29 is 8.78 Å². The monoisotopic (exact) mass is 423 g/mol. The number of rotatable bonds is 7. The first-order valence-electron chi connectivity index (χ1n) is 10.6. The molecule has 1 fully saturated rings. The average Bonchev–Trinajstić information content (AvgIpc) is 2.74. The van der Waals surface area contributed by atoms with Crippen molar-refractivity contribution in [1.82, 2.24) is 20.2 Å². The van der Waals surface area contributed by atoms with E-state index in [0.717, 1.165) is 43.5 Å². The molecule has 0 spiro atoms. The number of hydrogen-bond donors (Lipinski definition) is 2. The Morgan fingerprint density at radius 1 is 1.10 bits per heavy atom. The third-order valence-electron chi connectivity index (χ3n) is 5.36. The highest BCUT2D eigenvalue weighted by Crippen LogP contribution is 2.20. The van der Waals surface area contributed by atoms with Crippen LogP contribution in [0.25, 0.3) is 11.3 Å². The van der Waals surface area contributed by atoms with E-state index in [1.165, 1.54) is 17.7 Å². The Hall–Kier alpha value is -2.90. The summed E-state index contributed by atoms with van der Waals surface area (Å²) in [4.78, 5) is 11.3. The van der Waals surface area contributed by atoms with Crippen LogP contribution in [-0.4, -0.2) is 47.1 Å². The van der Waals surface area contributed by atoms with Gasteiger partial charge in [0.05, 0.1) is 5.69 Å². The smallest absolute Gasteiger partial charge is 0.223 e. The third-order valence-corrected chi connectivity index (χ3v) is 5.36. The molecule has 1 aliphatic rings. The molecule has 2 N–H and O–H groups in total. The van der Waals surface area contributed by atoms with E-state index in [-0.39, 0.29) is 0 Å². The molecule has 7 heteroatoms. The SMILES string of the molecule is C[C@H]1CN(Cc2cccc(-c3ccnc(NCCc4cc(F)cc(F)c4)n3)c2)CCN1. The fourth-order valence-corrected chi connectivity index (χ4v) is 3.92. The Morgan fingerprint density at radius 2 is 1.94 bits per heavy atom. The average molecular weight is 424 g/mol. The Balaban J connectivity index is 1.39. The van der Waals surface area contributed by atoms with Crippen molar-refractivity contribution >= 4 is 5.95 Å². The third kappa shape index (κ3) is 6.06. The quantitative estimate of drug-likeness (QED) is 0.604. The highest BCUT2D eigenvalue weighted by atomic mass is 19.1. The van der Waals surface area contributed by atoms with Gasteiger partial charge in [-0.15, -0.1) is 0 Å². The van der Waals surface area contributed by atoms with Crippen LogP contribution in [0.15, 0.2) is 54.7 Å². The van der Waals surface area contributed by atoms with Crippen LogP contribution in [-0.2, 0) is 13.0 Å². The molecule has 1 saturated heterocycles. The van der Waals surface area contributed by atoms with E-state index in [9.17, 15) is 8.78 Å². The molecule has 1 atom stereocenters. The van der Waals surface area contributed by atoms with E-state index in [1.807, 2.05) is 12.1 Å². The summed E-state index contributed by atoms with van der Waals surface area (Å²) in [7, 11) is 0. The molecule has 2 heterocycles. The van der Waals surface area contributed by atoms with E-state index in [4.69, 9.17) is 0 Å². The molecular formula is C24H27F2N5. The Bertz CT molecular complexity index is 1010. The number of benzene rings is 2. The minimum atomic E-state index is -0.566. The van der Waals surface area contributed by atoms with Gasteiger partial charge in [-0.2, -0.15) is 0 Å². The van der Waals surface area contributed by atoms with Gasteiger partial charge >= 0.3 is 0 Å². The molecule has 0 aliphatic carbocycles. The van der Waals surface area contributed by atoms with Gasteiger partial charge in [-0.25, -0.2) is 18.7 Å². The minimum absolute atomic E-state index is 0.473. The predicted octanol–water partition coefficient (Wildman–Crippen LogP) is 3.87. The maximum Gasteiger partial charge on any atom is 0.223 e. The summed E-state index contributed by atoms with van der Waals surface area (Å²) in [6, 6.07) is 14.4. The van der Waals surface area contributed by atoms with Crippen molar-refractivity contribution in [2.24, 2.45) is 0 Å². The summed E-state index contributed by atoms with van der Waals surface area (Å²) in [6.07, 6.45) is 2.19. The molecule has 162 valence electrons. The highest BCUT2D eigenvalue weighted by Gasteiger charge is 2.15.